The molecule has 3 atom stereocenters. The first-order valence-corrected chi connectivity index (χ1v) is 23.9. The van der Waals surface area contributed by atoms with Crippen LogP contribution in [0.5, 0.6) is 0 Å². The molecule has 3 N–H and O–H groups in total. The van der Waals surface area contributed by atoms with Crippen molar-refractivity contribution in [2.75, 3.05) is 171 Å². The Morgan fingerprint density at radius 1 is 0.492 bits per heavy atom. The molecule has 0 saturated carbocycles. The summed E-state index contributed by atoms with van der Waals surface area (Å²) in [5, 5.41) is 9.19. The molecule has 2 saturated heterocycles. The van der Waals surface area contributed by atoms with Gasteiger partial charge < -0.3 is 77.6 Å². The van der Waals surface area contributed by atoms with E-state index in [4.69, 9.17) is 56.8 Å². The maximum Gasteiger partial charge on any atom is 0.315 e. The third kappa shape index (κ3) is 35.8. The van der Waals surface area contributed by atoms with Crippen molar-refractivity contribution in [3.05, 3.63) is 0 Å². The van der Waals surface area contributed by atoms with Crippen molar-refractivity contribution in [1.29, 1.82) is 0 Å². The molecule has 0 radical (unpaired) electrons. The lowest BCUT2D eigenvalue weighted by Crippen LogP contribution is -2.36. The fourth-order valence-corrected chi connectivity index (χ4v) is 7.69. The van der Waals surface area contributed by atoms with Crippen LogP contribution >= 0.6 is 11.8 Å². The number of thioether (sulfide) groups is 1. The van der Waals surface area contributed by atoms with E-state index in [1.807, 2.05) is 11.8 Å². The van der Waals surface area contributed by atoms with E-state index in [1.165, 1.54) is 0 Å². The normalized spacial score (nSPS) is 16.9. The molecule has 0 aromatic heterocycles. The molecule has 0 bridgehead atoms. The average Bonchev–Trinajstić information content (AvgIpc) is 3.83. The Kier molecular flexibility index (Phi) is 38.6. The van der Waals surface area contributed by atoms with Gasteiger partial charge in [0.05, 0.1) is 164 Å². The quantitative estimate of drug-likeness (QED) is 0.0589. The summed E-state index contributed by atoms with van der Waals surface area (Å²) in [6.45, 7) is 13.3. The molecule has 2 aliphatic heterocycles. The van der Waals surface area contributed by atoms with Gasteiger partial charge in [0.25, 0.3) is 0 Å². The predicted octanol–water partition coefficient (Wildman–Crippen LogP) is 2.14. The molecule has 20 heteroatoms. The lowest BCUT2D eigenvalue weighted by Gasteiger charge is -2.16. The van der Waals surface area contributed by atoms with E-state index < -0.39 is 0 Å². The van der Waals surface area contributed by atoms with Crippen LogP contribution in [-0.4, -0.2) is 212 Å². The number of hydrogen-bond acceptors (Lipinski definition) is 17. The number of carbonyl (C=O) groups excluding carboxylic acids is 4. The van der Waals surface area contributed by atoms with Gasteiger partial charge in [-0.15, -0.1) is 0 Å². The zero-order valence-electron chi connectivity index (χ0n) is 37.9. The van der Waals surface area contributed by atoms with Crippen LogP contribution in [0.1, 0.15) is 64.7 Å². The van der Waals surface area contributed by atoms with Crippen LogP contribution in [0.2, 0.25) is 0 Å². The largest absolute Gasteiger partial charge is 0.379 e. The highest BCUT2D eigenvalue weighted by atomic mass is 32.2. The van der Waals surface area contributed by atoms with Gasteiger partial charge in [0.2, 0.25) is 5.91 Å². The maximum atomic E-state index is 12.2. The summed E-state index contributed by atoms with van der Waals surface area (Å²) in [5.74, 6) is 1.30. The van der Waals surface area contributed by atoms with Crippen molar-refractivity contribution < 1.29 is 76.0 Å². The molecular formula is C43H79N3O16S. The number of ether oxygens (including phenoxy) is 12. The van der Waals surface area contributed by atoms with Crippen molar-refractivity contribution >= 4 is 35.3 Å². The zero-order chi connectivity index (χ0) is 45.1. The number of nitrogens with one attached hydrogen (secondary N) is 3. The van der Waals surface area contributed by atoms with E-state index in [2.05, 4.69) is 16.0 Å². The number of fused-ring (bicyclic) bond motifs is 1. The monoisotopic (exact) mass is 926 g/mol. The standard InChI is InChI=1S/C43H79N3O16S/c1-37(47)6-4-11-44-41(49)10-13-52-15-17-54-19-21-56-23-25-58-27-29-60-31-33-62-35-34-61-32-30-59-28-26-57-24-22-55-20-18-53-16-14-51-12-5-8-38(48)7-2-3-9-40-42-39(36-63-40)45-43(50)46-42/h39-40,42H,2-36H2,1H3,(H,44,49)(H2,45,46,50)/t39-,40-,42-/m0/s1. The molecule has 368 valence electrons. The summed E-state index contributed by atoms with van der Waals surface area (Å²) < 4.78 is 65.9. The minimum atomic E-state index is -0.0829. The summed E-state index contributed by atoms with van der Waals surface area (Å²) in [7, 11) is 0. The van der Waals surface area contributed by atoms with Gasteiger partial charge in [-0.2, -0.15) is 11.8 Å². The molecule has 3 amide bonds. The first-order valence-electron chi connectivity index (χ1n) is 22.8. The number of hydrogen-bond donors (Lipinski definition) is 3. The average molecular weight is 926 g/mol. The lowest BCUT2D eigenvalue weighted by molar-refractivity contribution is -0.123. The van der Waals surface area contributed by atoms with Crippen LogP contribution in [0, 0.1) is 0 Å². The number of ketones is 2. The van der Waals surface area contributed by atoms with Gasteiger partial charge in [-0.3, -0.25) is 9.59 Å². The van der Waals surface area contributed by atoms with Crippen molar-refractivity contribution in [2.45, 2.75) is 82.0 Å². The molecule has 2 fully saturated rings. The highest BCUT2D eigenvalue weighted by molar-refractivity contribution is 8.00. The third-order valence-corrected chi connectivity index (χ3v) is 11.0. The van der Waals surface area contributed by atoms with Crippen LogP contribution < -0.4 is 16.0 Å². The topological polar surface area (TPSA) is 215 Å². The van der Waals surface area contributed by atoms with Crippen molar-refractivity contribution in [2.24, 2.45) is 0 Å². The minimum absolute atomic E-state index is 0.0544. The van der Waals surface area contributed by atoms with Crippen molar-refractivity contribution in [3.8, 4) is 0 Å². The number of rotatable bonds is 49. The zero-order valence-corrected chi connectivity index (χ0v) is 38.7. The molecule has 0 aromatic carbocycles. The van der Waals surface area contributed by atoms with E-state index in [0.29, 0.717) is 196 Å². The van der Waals surface area contributed by atoms with Gasteiger partial charge in [-0.1, -0.05) is 6.42 Å². The first-order chi connectivity index (χ1) is 31.0. The fourth-order valence-electron chi connectivity index (χ4n) is 6.15. The van der Waals surface area contributed by atoms with E-state index in [-0.39, 0.29) is 42.0 Å². The second-order valence-electron chi connectivity index (χ2n) is 14.8. The molecule has 0 spiro atoms. The minimum Gasteiger partial charge on any atom is -0.379 e. The summed E-state index contributed by atoms with van der Waals surface area (Å²) in [4.78, 5) is 46.2. The Hall–Kier alpha value is -2.05. The Morgan fingerprint density at radius 3 is 1.32 bits per heavy atom. The molecule has 2 rings (SSSR count). The highest BCUT2D eigenvalue weighted by Gasteiger charge is 2.42. The third-order valence-electron chi connectivity index (χ3n) is 9.47. The summed E-state index contributed by atoms with van der Waals surface area (Å²) in [6, 6.07) is 0.431. The molecule has 19 nitrogen and oxygen atoms in total. The lowest BCUT2D eigenvalue weighted by atomic mass is 10.0. The SMILES string of the molecule is CC(=O)CCCNC(=O)CCOCCOCCOCCOCCOCCOCCOCCOCCOCCOCCOCCOCCCC(=O)CCCC[C@@H]1SC[C@@H]2NC(=O)N[C@@H]21. The second-order valence-corrected chi connectivity index (χ2v) is 16.0. The number of unbranched alkanes of at least 4 members (excludes halogenated alkanes) is 1. The number of urea groups is 1. The second kappa shape index (κ2) is 42.6. The molecule has 2 heterocycles. The van der Waals surface area contributed by atoms with Gasteiger partial charge in [-0.25, -0.2) is 4.79 Å². The van der Waals surface area contributed by atoms with Gasteiger partial charge in [0.15, 0.2) is 0 Å². The maximum absolute atomic E-state index is 12.2. The summed E-state index contributed by atoms with van der Waals surface area (Å²) >= 11 is 1.91. The van der Waals surface area contributed by atoms with Gasteiger partial charge in [-0.05, 0) is 32.6 Å². The van der Waals surface area contributed by atoms with E-state index in [0.717, 1.165) is 31.4 Å². The van der Waals surface area contributed by atoms with Gasteiger partial charge in [0, 0.05) is 49.8 Å². The van der Waals surface area contributed by atoms with Crippen molar-refractivity contribution in [1.82, 2.24) is 16.0 Å². The first kappa shape index (κ1) is 57.1. The van der Waals surface area contributed by atoms with Crippen LogP contribution in [0.4, 0.5) is 4.79 Å². The van der Waals surface area contributed by atoms with Crippen LogP contribution in [0.3, 0.4) is 0 Å². The summed E-state index contributed by atoms with van der Waals surface area (Å²) in [6.07, 6.45) is 6.25. The van der Waals surface area contributed by atoms with Crippen LogP contribution in [0.25, 0.3) is 0 Å². The number of amides is 3. The smallest absolute Gasteiger partial charge is 0.315 e. The Bertz CT molecular complexity index is 1130. The number of carbonyl (C=O) groups is 4. The van der Waals surface area contributed by atoms with E-state index in [9.17, 15) is 19.2 Å². The van der Waals surface area contributed by atoms with Gasteiger partial charge >= 0.3 is 6.03 Å². The molecule has 0 unspecified atom stereocenters. The van der Waals surface area contributed by atoms with Crippen molar-refractivity contribution in [3.63, 3.8) is 0 Å². The molecule has 63 heavy (non-hydrogen) atoms. The molecule has 0 aromatic rings. The molecule has 0 aliphatic carbocycles. The fraction of sp³-hybridized carbons (Fsp3) is 0.907. The Labute approximate surface area is 379 Å². The van der Waals surface area contributed by atoms with Crippen LogP contribution in [-0.2, 0) is 71.2 Å². The Balaban J connectivity index is 1.13. The van der Waals surface area contributed by atoms with Crippen LogP contribution in [0.15, 0.2) is 0 Å². The highest BCUT2D eigenvalue weighted by Crippen LogP contribution is 2.33. The van der Waals surface area contributed by atoms with Gasteiger partial charge in [0.1, 0.15) is 11.6 Å². The van der Waals surface area contributed by atoms with E-state index in [1.54, 1.807) is 6.92 Å². The number of Topliss-reactive ketones (excluding diaryl/α,β-unsaturated/α-hetero) is 2. The molecule has 2 aliphatic rings. The Morgan fingerprint density at radius 2 is 0.889 bits per heavy atom. The van der Waals surface area contributed by atoms with E-state index >= 15 is 0 Å². The summed E-state index contributed by atoms with van der Waals surface area (Å²) in [5.41, 5.74) is 0. The predicted molar refractivity (Wildman–Crippen MR) is 236 cm³/mol. The molecular weight excluding hydrogens is 847 g/mol.